The minimum Gasteiger partial charge on any atom is -0.368 e. The van der Waals surface area contributed by atoms with Crippen molar-refractivity contribution in [3.8, 4) is 0 Å². The Balaban J connectivity index is 1.73. The molecular formula is C16H22N6. The number of aryl methyl sites for hydroxylation is 1. The van der Waals surface area contributed by atoms with E-state index < -0.39 is 0 Å². The minimum absolute atomic E-state index is 0.291. The molecular weight excluding hydrogens is 276 g/mol. The molecule has 6 nitrogen and oxygen atoms in total. The first-order valence-corrected chi connectivity index (χ1v) is 7.60. The van der Waals surface area contributed by atoms with Crippen LogP contribution in [0.15, 0.2) is 30.3 Å². The molecule has 1 aliphatic heterocycles. The standard InChI is InChI=1S/C16H22N6/c1-3-18-13-9-22(10-13)15-8-14(20-16(17)21-15)19-12-6-4-5-11(2)7-12/h4-8,13,18H,3,9-10H2,1-2H3,(H3,17,19,20,21). The smallest absolute Gasteiger partial charge is 0.223 e. The van der Waals surface area contributed by atoms with Crippen molar-refractivity contribution < 1.29 is 0 Å². The van der Waals surface area contributed by atoms with Gasteiger partial charge in [-0.1, -0.05) is 19.1 Å². The van der Waals surface area contributed by atoms with E-state index in [1.165, 1.54) is 5.56 Å². The van der Waals surface area contributed by atoms with Gasteiger partial charge in [0.2, 0.25) is 5.95 Å². The van der Waals surface area contributed by atoms with Crippen LogP contribution >= 0.6 is 0 Å². The quantitative estimate of drug-likeness (QED) is 0.782. The SMILES string of the molecule is CCNC1CN(c2cc(Nc3cccc(C)c3)nc(N)n2)C1. The number of nitrogen functional groups attached to an aromatic ring is 1. The molecule has 1 aromatic carbocycles. The summed E-state index contributed by atoms with van der Waals surface area (Å²) < 4.78 is 0. The number of nitrogens with one attached hydrogen (secondary N) is 2. The summed E-state index contributed by atoms with van der Waals surface area (Å²) >= 11 is 0. The molecule has 0 radical (unpaired) electrons. The predicted octanol–water partition coefficient (Wildman–Crippen LogP) is 1.91. The monoisotopic (exact) mass is 298 g/mol. The van der Waals surface area contributed by atoms with E-state index in [4.69, 9.17) is 5.73 Å². The molecule has 2 heterocycles. The maximum absolute atomic E-state index is 5.85. The number of likely N-dealkylation sites (N-methyl/N-ethyl adjacent to an activating group) is 1. The molecule has 4 N–H and O–H groups in total. The molecule has 6 heteroatoms. The third-order valence-electron chi connectivity index (χ3n) is 3.72. The van der Waals surface area contributed by atoms with Gasteiger partial charge in [-0.2, -0.15) is 9.97 Å². The van der Waals surface area contributed by atoms with Gasteiger partial charge in [0.1, 0.15) is 11.6 Å². The minimum atomic E-state index is 0.291. The number of anilines is 4. The lowest BCUT2D eigenvalue weighted by molar-refractivity contribution is 0.427. The zero-order valence-corrected chi connectivity index (χ0v) is 13.0. The lowest BCUT2D eigenvalue weighted by atomic mass is 10.1. The van der Waals surface area contributed by atoms with Crippen LogP contribution in [0.2, 0.25) is 0 Å². The zero-order valence-electron chi connectivity index (χ0n) is 13.0. The second kappa shape index (κ2) is 6.19. The maximum atomic E-state index is 5.85. The third kappa shape index (κ3) is 3.28. The Morgan fingerprint density at radius 1 is 1.27 bits per heavy atom. The highest BCUT2D eigenvalue weighted by molar-refractivity contribution is 5.62. The van der Waals surface area contributed by atoms with Crippen LogP contribution in [-0.4, -0.2) is 35.6 Å². The van der Waals surface area contributed by atoms with Crippen molar-refractivity contribution in [3.05, 3.63) is 35.9 Å². The molecule has 1 aromatic heterocycles. The highest BCUT2D eigenvalue weighted by atomic mass is 15.3. The molecule has 1 saturated heterocycles. The normalized spacial score (nSPS) is 14.7. The number of aromatic nitrogens is 2. The van der Waals surface area contributed by atoms with Crippen molar-refractivity contribution in [2.45, 2.75) is 19.9 Å². The maximum Gasteiger partial charge on any atom is 0.223 e. The number of nitrogens with zero attached hydrogens (tertiary/aromatic N) is 3. The fourth-order valence-corrected chi connectivity index (χ4v) is 2.63. The van der Waals surface area contributed by atoms with Gasteiger partial charge in [-0.15, -0.1) is 0 Å². The van der Waals surface area contributed by atoms with Crippen molar-refractivity contribution in [1.29, 1.82) is 0 Å². The number of hydrogen-bond acceptors (Lipinski definition) is 6. The summed E-state index contributed by atoms with van der Waals surface area (Å²) in [5, 5.41) is 6.72. The first-order chi connectivity index (χ1) is 10.6. The molecule has 1 fully saturated rings. The van der Waals surface area contributed by atoms with Gasteiger partial charge in [0.05, 0.1) is 0 Å². The molecule has 0 atom stereocenters. The lowest BCUT2D eigenvalue weighted by Gasteiger charge is -2.40. The largest absolute Gasteiger partial charge is 0.368 e. The van der Waals surface area contributed by atoms with Crippen LogP contribution in [0.1, 0.15) is 12.5 Å². The summed E-state index contributed by atoms with van der Waals surface area (Å²) in [6.45, 7) is 7.08. The topological polar surface area (TPSA) is 79.1 Å². The van der Waals surface area contributed by atoms with Crippen LogP contribution in [0.5, 0.6) is 0 Å². The fourth-order valence-electron chi connectivity index (χ4n) is 2.63. The van der Waals surface area contributed by atoms with Crippen molar-refractivity contribution in [2.24, 2.45) is 0 Å². The van der Waals surface area contributed by atoms with Gasteiger partial charge in [-0.3, -0.25) is 0 Å². The van der Waals surface area contributed by atoms with Crippen LogP contribution in [0.25, 0.3) is 0 Å². The molecule has 0 spiro atoms. The van der Waals surface area contributed by atoms with E-state index in [2.05, 4.69) is 51.5 Å². The first-order valence-electron chi connectivity index (χ1n) is 7.60. The van der Waals surface area contributed by atoms with Crippen molar-refractivity contribution in [2.75, 3.05) is 35.6 Å². The number of benzene rings is 1. The zero-order chi connectivity index (χ0) is 15.5. The van der Waals surface area contributed by atoms with Crippen LogP contribution in [0.4, 0.5) is 23.3 Å². The van der Waals surface area contributed by atoms with E-state index in [0.29, 0.717) is 12.0 Å². The molecule has 0 bridgehead atoms. The predicted molar refractivity (Wildman–Crippen MR) is 90.6 cm³/mol. The molecule has 0 unspecified atom stereocenters. The second-order valence-corrected chi connectivity index (χ2v) is 5.62. The Hall–Kier alpha value is -2.34. The van der Waals surface area contributed by atoms with Gasteiger partial charge in [0.15, 0.2) is 0 Å². The van der Waals surface area contributed by atoms with Crippen LogP contribution in [-0.2, 0) is 0 Å². The van der Waals surface area contributed by atoms with E-state index in [0.717, 1.165) is 37.0 Å². The van der Waals surface area contributed by atoms with Crippen LogP contribution in [0.3, 0.4) is 0 Å². The Kier molecular flexibility index (Phi) is 4.11. The second-order valence-electron chi connectivity index (χ2n) is 5.62. The average Bonchev–Trinajstić information content (AvgIpc) is 2.41. The van der Waals surface area contributed by atoms with Gasteiger partial charge in [0.25, 0.3) is 0 Å². The van der Waals surface area contributed by atoms with Crippen molar-refractivity contribution >= 4 is 23.3 Å². The van der Waals surface area contributed by atoms with Gasteiger partial charge < -0.3 is 21.3 Å². The Morgan fingerprint density at radius 2 is 2.09 bits per heavy atom. The molecule has 22 heavy (non-hydrogen) atoms. The van der Waals surface area contributed by atoms with E-state index in [1.807, 2.05) is 18.2 Å². The number of rotatable bonds is 5. The van der Waals surface area contributed by atoms with Gasteiger partial charge in [-0.25, -0.2) is 0 Å². The molecule has 0 aliphatic carbocycles. The molecule has 0 amide bonds. The van der Waals surface area contributed by atoms with E-state index in [-0.39, 0.29) is 0 Å². The Labute approximate surface area is 130 Å². The lowest BCUT2D eigenvalue weighted by Crippen LogP contribution is -2.58. The molecule has 2 aromatic rings. The highest BCUT2D eigenvalue weighted by Crippen LogP contribution is 2.24. The van der Waals surface area contributed by atoms with Crippen molar-refractivity contribution in [1.82, 2.24) is 15.3 Å². The summed E-state index contributed by atoms with van der Waals surface area (Å²) in [4.78, 5) is 10.8. The molecule has 3 rings (SSSR count). The van der Waals surface area contributed by atoms with Gasteiger partial charge in [0, 0.05) is 30.9 Å². The highest BCUT2D eigenvalue weighted by Gasteiger charge is 2.27. The van der Waals surface area contributed by atoms with Crippen LogP contribution < -0.4 is 21.3 Å². The summed E-state index contributed by atoms with van der Waals surface area (Å²) in [6, 6.07) is 10.6. The Morgan fingerprint density at radius 3 is 2.82 bits per heavy atom. The van der Waals surface area contributed by atoms with E-state index >= 15 is 0 Å². The third-order valence-corrected chi connectivity index (χ3v) is 3.72. The first kappa shape index (κ1) is 14.6. The molecule has 1 aliphatic rings. The summed E-state index contributed by atoms with van der Waals surface area (Å²) in [5.41, 5.74) is 8.04. The summed E-state index contributed by atoms with van der Waals surface area (Å²) in [6.07, 6.45) is 0. The van der Waals surface area contributed by atoms with Crippen LogP contribution in [0, 0.1) is 6.92 Å². The molecule has 0 saturated carbocycles. The van der Waals surface area contributed by atoms with E-state index in [1.54, 1.807) is 0 Å². The fraction of sp³-hybridized carbons (Fsp3) is 0.375. The summed E-state index contributed by atoms with van der Waals surface area (Å²) in [5.74, 6) is 1.89. The Bertz CT molecular complexity index is 651. The van der Waals surface area contributed by atoms with Crippen molar-refractivity contribution in [3.63, 3.8) is 0 Å². The number of nitrogens with two attached hydrogens (primary N) is 1. The van der Waals surface area contributed by atoms with Gasteiger partial charge in [-0.05, 0) is 31.2 Å². The van der Waals surface area contributed by atoms with E-state index in [9.17, 15) is 0 Å². The average molecular weight is 298 g/mol. The molecule has 116 valence electrons. The van der Waals surface area contributed by atoms with Gasteiger partial charge >= 0.3 is 0 Å². The number of hydrogen-bond donors (Lipinski definition) is 3. The summed E-state index contributed by atoms with van der Waals surface area (Å²) in [7, 11) is 0.